The van der Waals surface area contributed by atoms with Gasteiger partial charge in [-0.2, -0.15) is 0 Å². The normalized spacial score (nSPS) is 9.12. The van der Waals surface area contributed by atoms with Gasteiger partial charge < -0.3 is 5.11 Å². The minimum atomic E-state index is -0.172. The molecule has 0 aliphatic rings. The Hall–Kier alpha value is -0.760. The van der Waals surface area contributed by atoms with Gasteiger partial charge in [0.15, 0.2) is 0 Å². The highest BCUT2D eigenvalue weighted by Gasteiger charge is 1.92. The molecule has 0 spiro atoms. The van der Waals surface area contributed by atoms with Crippen LogP contribution in [0.2, 0.25) is 5.02 Å². The van der Waals surface area contributed by atoms with Gasteiger partial charge in [0.2, 0.25) is 5.88 Å². The van der Waals surface area contributed by atoms with Gasteiger partial charge in [0.1, 0.15) is 5.02 Å². The number of hydrogen-bond acceptors (Lipinski definition) is 2. The molecule has 0 unspecified atom stereocenters. The first kappa shape index (κ1) is 5.38. The zero-order valence-corrected chi connectivity index (χ0v) is 4.68. The molecule has 1 radical (unpaired) electrons. The Morgan fingerprint density at radius 3 is 2.88 bits per heavy atom. The lowest BCUT2D eigenvalue weighted by Gasteiger charge is -1.88. The largest absolute Gasteiger partial charge is 0.492 e. The van der Waals surface area contributed by atoms with Crippen molar-refractivity contribution < 1.29 is 5.11 Å². The third-order valence-electron chi connectivity index (χ3n) is 0.678. The Kier molecular flexibility index (Phi) is 1.35. The third kappa shape index (κ3) is 0.898. The molecule has 2 nitrogen and oxygen atoms in total. The molecule has 0 bridgehead atoms. The molecule has 0 saturated heterocycles. The van der Waals surface area contributed by atoms with E-state index in [9.17, 15) is 0 Å². The smallest absolute Gasteiger partial charge is 0.230 e. The monoisotopic (exact) mass is 128 g/mol. The Morgan fingerprint density at radius 2 is 2.50 bits per heavy atom. The molecule has 1 rings (SSSR count). The molecule has 1 N–H and O–H groups in total. The van der Waals surface area contributed by atoms with E-state index >= 15 is 0 Å². The molecule has 0 amide bonds. The van der Waals surface area contributed by atoms with E-state index in [1.54, 1.807) is 0 Å². The van der Waals surface area contributed by atoms with Gasteiger partial charge >= 0.3 is 0 Å². The SMILES string of the molecule is Oc1ncc[c]c1Cl. The van der Waals surface area contributed by atoms with Crippen LogP contribution in [0.25, 0.3) is 0 Å². The molecular weight excluding hydrogens is 126 g/mol. The fourth-order valence-electron chi connectivity index (χ4n) is 0.340. The third-order valence-corrected chi connectivity index (χ3v) is 0.956. The Balaban J connectivity index is 3.13. The number of pyridine rings is 1. The molecule has 0 saturated carbocycles. The maximum Gasteiger partial charge on any atom is 0.230 e. The summed E-state index contributed by atoms with van der Waals surface area (Å²) < 4.78 is 0. The van der Waals surface area contributed by atoms with Crippen molar-refractivity contribution in [2.75, 3.05) is 0 Å². The van der Waals surface area contributed by atoms with Crippen LogP contribution in [0.15, 0.2) is 12.3 Å². The molecule has 0 aliphatic heterocycles. The number of rotatable bonds is 0. The Labute approximate surface area is 51.7 Å². The van der Waals surface area contributed by atoms with Gasteiger partial charge in [0.05, 0.1) is 0 Å². The van der Waals surface area contributed by atoms with E-state index in [-0.39, 0.29) is 10.9 Å². The van der Waals surface area contributed by atoms with Crippen molar-refractivity contribution in [3.05, 3.63) is 23.4 Å². The zero-order chi connectivity index (χ0) is 5.98. The summed E-state index contributed by atoms with van der Waals surface area (Å²) in [6.45, 7) is 0. The summed E-state index contributed by atoms with van der Waals surface area (Å²) in [5.74, 6) is -0.172. The molecule has 0 aromatic carbocycles. The van der Waals surface area contributed by atoms with Gasteiger partial charge in [-0.3, -0.25) is 0 Å². The van der Waals surface area contributed by atoms with Crippen molar-refractivity contribution in [2.45, 2.75) is 0 Å². The van der Waals surface area contributed by atoms with Crippen molar-refractivity contribution in [2.24, 2.45) is 0 Å². The number of hydrogen-bond donors (Lipinski definition) is 1. The average Bonchev–Trinajstić information content (AvgIpc) is 1.77. The summed E-state index contributed by atoms with van der Waals surface area (Å²) in [4.78, 5) is 3.47. The van der Waals surface area contributed by atoms with E-state index in [4.69, 9.17) is 16.7 Å². The van der Waals surface area contributed by atoms with Crippen LogP contribution in [0, 0.1) is 6.07 Å². The van der Waals surface area contributed by atoms with Crippen molar-refractivity contribution in [1.29, 1.82) is 0 Å². The number of aromatic hydroxyl groups is 1. The number of aromatic nitrogens is 1. The average molecular weight is 129 g/mol. The first-order valence-electron chi connectivity index (χ1n) is 2.02. The lowest BCUT2D eigenvalue weighted by atomic mass is 10.5. The van der Waals surface area contributed by atoms with Crippen molar-refractivity contribution in [1.82, 2.24) is 4.98 Å². The van der Waals surface area contributed by atoms with Gasteiger partial charge in [0, 0.05) is 12.3 Å². The first-order chi connectivity index (χ1) is 3.80. The van der Waals surface area contributed by atoms with E-state index in [0.717, 1.165) is 0 Å². The van der Waals surface area contributed by atoms with Crippen molar-refractivity contribution in [3.8, 4) is 5.88 Å². The molecule has 1 aromatic heterocycles. The lowest BCUT2D eigenvalue weighted by Crippen LogP contribution is -1.71. The van der Waals surface area contributed by atoms with Crippen LogP contribution in [-0.4, -0.2) is 10.1 Å². The summed E-state index contributed by atoms with van der Waals surface area (Å²) in [6, 6.07) is 4.08. The zero-order valence-electron chi connectivity index (χ0n) is 3.93. The lowest BCUT2D eigenvalue weighted by molar-refractivity contribution is 0.453. The maximum atomic E-state index is 8.64. The second-order valence-corrected chi connectivity index (χ2v) is 1.60. The van der Waals surface area contributed by atoms with E-state index in [1.807, 2.05) is 0 Å². The second-order valence-electron chi connectivity index (χ2n) is 1.23. The predicted octanol–water partition coefficient (Wildman–Crippen LogP) is 1.24. The van der Waals surface area contributed by atoms with Crippen LogP contribution in [0.5, 0.6) is 5.88 Å². The minimum Gasteiger partial charge on any atom is -0.492 e. The quantitative estimate of drug-likeness (QED) is 0.570. The summed E-state index contributed by atoms with van der Waals surface area (Å²) in [5.41, 5.74) is 0. The Bertz CT molecular complexity index is 169. The molecule has 3 heteroatoms. The van der Waals surface area contributed by atoms with Crippen LogP contribution in [0.1, 0.15) is 0 Å². The molecule has 0 atom stereocenters. The molecule has 0 fully saturated rings. The number of halogens is 1. The molecular formula is C5H3ClNO. The molecule has 0 aliphatic carbocycles. The topological polar surface area (TPSA) is 33.1 Å². The Morgan fingerprint density at radius 1 is 1.75 bits per heavy atom. The number of nitrogens with zero attached hydrogens (tertiary/aromatic N) is 1. The highest BCUT2D eigenvalue weighted by atomic mass is 35.5. The summed E-state index contributed by atoms with van der Waals surface area (Å²) in [5, 5.41) is 8.80. The minimum absolute atomic E-state index is 0.160. The van der Waals surface area contributed by atoms with Crippen LogP contribution in [0.3, 0.4) is 0 Å². The van der Waals surface area contributed by atoms with E-state index < -0.39 is 0 Å². The van der Waals surface area contributed by atoms with Crippen LogP contribution in [-0.2, 0) is 0 Å². The van der Waals surface area contributed by atoms with Crippen molar-refractivity contribution >= 4 is 11.6 Å². The molecule has 8 heavy (non-hydrogen) atoms. The fourth-order valence-corrected chi connectivity index (χ4v) is 0.451. The fraction of sp³-hybridized carbons (Fsp3) is 0. The molecule has 1 heterocycles. The van der Waals surface area contributed by atoms with Gasteiger partial charge in [-0.05, 0) is 6.07 Å². The van der Waals surface area contributed by atoms with E-state index in [1.165, 1.54) is 12.3 Å². The van der Waals surface area contributed by atoms with Crippen molar-refractivity contribution in [3.63, 3.8) is 0 Å². The molecule has 41 valence electrons. The van der Waals surface area contributed by atoms with Gasteiger partial charge in [-0.25, -0.2) is 4.98 Å². The standard InChI is InChI=1S/C5H3ClNO/c6-4-2-1-3-7-5(4)8/h1,3H,(H,7,8). The van der Waals surface area contributed by atoms with Crippen LogP contribution < -0.4 is 0 Å². The van der Waals surface area contributed by atoms with Gasteiger partial charge in [-0.1, -0.05) is 11.6 Å². The summed E-state index contributed by atoms with van der Waals surface area (Å²) >= 11 is 5.34. The van der Waals surface area contributed by atoms with Gasteiger partial charge in [-0.15, -0.1) is 0 Å². The highest BCUT2D eigenvalue weighted by Crippen LogP contribution is 2.16. The van der Waals surface area contributed by atoms with Gasteiger partial charge in [0.25, 0.3) is 0 Å². The summed E-state index contributed by atoms with van der Waals surface area (Å²) in [6.07, 6.45) is 1.42. The molecule has 1 aromatic rings. The predicted molar refractivity (Wildman–Crippen MR) is 29.7 cm³/mol. The summed E-state index contributed by atoms with van der Waals surface area (Å²) in [7, 11) is 0. The van der Waals surface area contributed by atoms with E-state index in [0.29, 0.717) is 0 Å². The van der Waals surface area contributed by atoms with E-state index in [2.05, 4.69) is 11.1 Å². The van der Waals surface area contributed by atoms with Crippen LogP contribution in [0.4, 0.5) is 0 Å². The first-order valence-corrected chi connectivity index (χ1v) is 2.39. The van der Waals surface area contributed by atoms with Crippen LogP contribution >= 0.6 is 11.6 Å². The highest BCUT2D eigenvalue weighted by molar-refractivity contribution is 6.31. The second kappa shape index (κ2) is 2.01. The maximum absolute atomic E-state index is 8.64.